The van der Waals surface area contributed by atoms with Crippen LogP contribution in [0.4, 0.5) is 0 Å². The summed E-state index contributed by atoms with van der Waals surface area (Å²) in [6.07, 6.45) is 10.2. The third-order valence-corrected chi connectivity index (χ3v) is 4.83. The Bertz CT molecular complexity index is 340. The molecule has 2 N–H and O–H groups in total. The van der Waals surface area contributed by atoms with Gasteiger partial charge in [0.15, 0.2) is 5.11 Å². The Morgan fingerprint density at radius 2 is 1.84 bits per heavy atom. The maximum Gasteiger partial charge on any atom is 0.187 e. The van der Waals surface area contributed by atoms with E-state index in [1.807, 2.05) is 0 Å². The van der Waals surface area contributed by atoms with Crippen molar-refractivity contribution in [3.05, 3.63) is 0 Å². The summed E-state index contributed by atoms with van der Waals surface area (Å²) in [4.78, 5) is 0. The molecule has 4 heteroatoms. The van der Waals surface area contributed by atoms with Gasteiger partial charge in [0.05, 0.1) is 0 Å². The van der Waals surface area contributed by atoms with Crippen molar-refractivity contribution >= 4 is 23.0 Å². The number of rotatable bonds is 2. The largest absolute Gasteiger partial charge is 0.358 e. The molecule has 2 saturated carbocycles. The predicted octanol–water partition coefficient (Wildman–Crippen LogP) is 3.60. The van der Waals surface area contributed by atoms with Gasteiger partial charge in [-0.05, 0) is 56.2 Å². The minimum Gasteiger partial charge on any atom is -0.358 e. The van der Waals surface area contributed by atoms with Gasteiger partial charge in [0.1, 0.15) is 0 Å². The van der Waals surface area contributed by atoms with E-state index in [0.29, 0.717) is 17.1 Å². The lowest BCUT2D eigenvalue weighted by atomic mass is 9.86. The molecule has 0 aromatic heterocycles. The lowest BCUT2D eigenvalue weighted by Crippen LogP contribution is -2.45. The van der Waals surface area contributed by atoms with Crippen molar-refractivity contribution in [3.8, 4) is 0 Å². The van der Waals surface area contributed by atoms with Gasteiger partial charge in [-0.3, -0.25) is 5.43 Å². The van der Waals surface area contributed by atoms with Crippen LogP contribution in [-0.2, 0) is 0 Å². The second kappa shape index (κ2) is 7.22. The van der Waals surface area contributed by atoms with Gasteiger partial charge in [-0.2, -0.15) is 5.10 Å². The summed E-state index contributed by atoms with van der Waals surface area (Å²) in [7, 11) is 0. The molecule has 0 spiro atoms. The first-order chi connectivity index (χ1) is 9.16. The van der Waals surface area contributed by atoms with E-state index in [1.165, 1.54) is 50.7 Å². The van der Waals surface area contributed by atoms with Crippen molar-refractivity contribution in [1.29, 1.82) is 0 Å². The Morgan fingerprint density at radius 1 is 1.11 bits per heavy atom. The molecule has 0 bridgehead atoms. The van der Waals surface area contributed by atoms with Crippen molar-refractivity contribution in [2.24, 2.45) is 16.9 Å². The van der Waals surface area contributed by atoms with Gasteiger partial charge in [-0.1, -0.05) is 33.1 Å². The molecule has 0 aliphatic heterocycles. The standard InChI is InChI=1S/C15H27N3S/c1-11-7-3-5-9-13(11)16-15(19)18-17-14-10-6-4-8-12(14)2/h11-13H,3-10H2,1-2H3,(H2,16,18,19)/t11-,12+,13+/m1/s1. The van der Waals surface area contributed by atoms with E-state index in [0.717, 1.165) is 12.3 Å². The second-order valence-corrected chi connectivity index (χ2v) is 6.61. The highest BCUT2D eigenvalue weighted by atomic mass is 32.1. The number of hydrogen-bond acceptors (Lipinski definition) is 2. The third kappa shape index (κ3) is 4.44. The molecule has 0 saturated heterocycles. The van der Waals surface area contributed by atoms with Crippen LogP contribution >= 0.6 is 12.2 Å². The molecule has 0 unspecified atom stereocenters. The zero-order valence-corrected chi connectivity index (χ0v) is 13.1. The molecule has 3 atom stereocenters. The molecular weight excluding hydrogens is 254 g/mol. The van der Waals surface area contributed by atoms with Crippen LogP contribution in [0.3, 0.4) is 0 Å². The number of thiocarbonyl (C=S) groups is 1. The van der Waals surface area contributed by atoms with E-state index in [1.54, 1.807) is 0 Å². The van der Waals surface area contributed by atoms with Crippen molar-refractivity contribution < 1.29 is 0 Å². The highest BCUT2D eigenvalue weighted by molar-refractivity contribution is 7.80. The number of nitrogens with zero attached hydrogens (tertiary/aromatic N) is 1. The van der Waals surface area contributed by atoms with Crippen LogP contribution in [-0.4, -0.2) is 16.9 Å². The fraction of sp³-hybridized carbons (Fsp3) is 0.867. The van der Waals surface area contributed by atoms with E-state index in [-0.39, 0.29) is 0 Å². The summed E-state index contributed by atoms with van der Waals surface area (Å²) in [5, 5.41) is 8.65. The summed E-state index contributed by atoms with van der Waals surface area (Å²) in [6.45, 7) is 4.58. The number of nitrogens with one attached hydrogen (secondary N) is 2. The van der Waals surface area contributed by atoms with Gasteiger partial charge in [-0.25, -0.2) is 0 Å². The lowest BCUT2D eigenvalue weighted by molar-refractivity contribution is 0.308. The Hall–Kier alpha value is -0.640. The molecule has 2 fully saturated rings. The predicted molar refractivity (Wildman–Crippen MR) is 85.4 cm³/mol. The van der Waals surface area contributed by atoms with E-state index in [9.17, 15) is 0 Å². The highest BCUT2D eigenvalue weighted by Crippen LogP contribution is 2.23. The van der Waals surface area contributed by atoms with Crippen LogP contribution < -0.4 is 10.7 Å². The first kappa shape index (κ1) is 14.8. The first-order valence-electron chi connectivity index (χ1n) is 7.80. The van der Waals surface area contributed by atoms with E-state index >= 15 is 0 Å². The lowest BCUT2D eigenvalue weighted by Gasteiger charge is -2.30. The van der Waals surface area contributed by atoms with Crippen LogP contribution in [0.2, 0.25) is 0 Å². The molecule has 19 heavy (non-hydrogen) atoms. The normalized spacial score (nSPS) is 34.0. The maximum atomic E-state index is 5.37. The van der Waals surface area contributed by atoms with Crippen LogP contribution in [0.15, 0.2) is 5.10 Å². The van der Waals surface area contributed by atoms with Crippen LogP contribution in [0.5, 0.6) is 0 Å². The molecule has 0 aromatic rings. The average molecular weight is 281 g/mol. The zero-order chi connectivity index (χ0) is 13.7. The van der Waals surface area contributed by atoms with Gasteiger partial charge in [-0.15, -0.1) is 0 Å². The SMILES string of the molecule is C[C@@H]1CCCC[C@@H]1NC(=S)NN=C1CCCC[C@@H]1C. The zero-order valence-electron chi connectivity index (χ0n) is 12.2. The number of hydrazone groups is 1. The van der Waals surface area contributed by atoms with Gasteiger partial charge < -0.3 is 5.32 Å². The minimum atomic E-state index is 0.526. The summed E-state index contributed by atoms with van der Waals surface area (Å²) in [5.74, 6) is 1.33. The van der Waals surface area contributed by atoms with E-state index < -0.39 is 0 Å². The summed E-state index contributed by atoms with van der Waals surface area (Å²) in [5.41, 5.74) is 4.34. The van der Waals surface area contributed by atoms with Crippen molar-refractivity contribution in [2.75, 3.05) is 0 Å². The molecule has 2 aliphatic carbocycles. The number of hydrogen-bond donors (Lipinski definition) is 2. The quantitative estimate of drug-likeness (QED) is 0.600. The molecule has 2 aliphatic rings. The maximum absolute atomic E-state index is 5.37. The van der Waals surface area contributed by atoms with Gasteiger partial charge >= 0.3 is 0 Å². The summed E-state index contributed by atoms with van der Waals surface area (Å²) >= 11 is 5.37. The molecular formula is C15H27N3S. The molecule has 0 radical (unpaired) electrons. The molecule has 0 heterocycles. The molecule has 0 amide bonds. The Labute approximate surface area is 122 Å². The van der Waals surface area contributed by atoms with Crippen molar-refractivity contribution in [3.63, 3.8) is 0 Å². The van der Waals surface area contributed by atoms with E-state index in [2.05, 4.69) is 29.7 Å². The highest BCUT2D eigenvalue weighted by Gasteiger charge is 2.21. The summed E-state index contributed by atoms with van der Waals surface area (Å²) in [6, 6.07) is 0.526. The second-order valence-electron chi connectivity index (χ2n) is 6.20. The fourth-order valence-electron chi connectivity index (χ4n) is 3.19. The van der Waals surface area contributed by atoms with Gasteiger partial charge in [0.2, 0.25) is 0 Å². The van der Waals surface area contributed by atoms with Crippen molar-refractivity contribution in [2.45, 2.75) is 71.3 Å². The molecule has 2 rings (SSSR count). The summed E-state index contributed by atoms with van der Waals surface area (Å²) < 4.78 is 0. The Kier molecular flexibility index (Phi) is 5.61. The Balaban J connectivity index is 1.78. The van der Waals surface area contributed by atoms with E-state index in [4.69, 9.17) is 12.2 Å². The minimum absolute atomic E-state index is 0.526. The van der Waals surface area contributed by atoms with Crippen molar-refractivity contribution in [1.82, 2.24) is 10.7 Å². The fourth-order valence-corrected chi connectivity index (χ4v) is 3.39. The molecule has 3 nitrogen and oxygen atoms in total. The van der Waals surface area contributed by atoms with Crippen LogP contribution in [0.25, 0.3) is 0 Å². The van der Waals surface area contributed by atoms with Crippen LogP contribution in [0, 0.1) is 11.8 Å². The topological polar surface area (TPSA) is 36.4 Å². The van der Waals surface area contributed by atoms with Crippen LogP contribution in [0.1, 0.15) is 65.2 Å². The Morgan fingerprint density at radius 3 is 2.58 bits per heavy atom. The van der Waals surface area contributed by atoms with Gasteiger partial charge in [0, 0.05) is 11.8 Å². The third-order valence-electron chi connectivity index (χ3n) is 4.62. The van der Waals surface area contributed by atoms with Gasteiger partial charge in [0.25, 0.3) is 0 Å². The average Bonchev–Trinajstić information content (AvgIpc) is 2.40. The molecule has 0 aromatic carbocycles. The first-order valence-corrected chi connectivity index (χ1v) is 8.20. The molecule has 108 valence electrons. The smallest absolute Gasteiger partial charge is 0.187 e. The monoisotopic (exact) mass is 281 g/mol.